The Kier molecular flexibility index (Phi) is 12.2. The van der Waals surface area contributed by atoms with Gasteiger partial charge in [0.25, 0.3) is 0 Å². The van der Waals surface area contributed by atoms with Gasteiger partial charge in [0.1, 0.15) is 5.82 Å². The van der Waals surface area contributed by atoms with Crippen LogP contribution in [0.3, 0.4) is 0 Å². The third-order valence-electron chi connectivity index (χ3n) is 13.4. The van der Waals surface area contributed by atoms with Crippen molar-refractivity contribution in [3.63, 3.8) is 0 Å². The second-order valence-corrected chi connectivity index (χ2v) is 22.8. The van der Waals surface area contributed by atoms with Crippen LogP contribution in [0.4, 0.5) is 22.7 Å². The molecule has 0 radical (unpaired) electrons. The summed E-state index contributed by atoms with van der Waals surface area (Å²) >= 11 is 0. The fourth-order valence-electron chi connectivity index (χ4n) is 9.20. The molecule has 0 bridgehead atoms. The van der Waals surface area contributed by atoms with Crippen LogP contribution in [0.2, 0.25) is 0 Å². The molecule has 348 valence electrons. The number of aromatic nitrogens is 2. The standard InChI is InChI=1S/C61H65N4O.Pt/c1-57(2,3)41-23-20-24-45(31-41)63-39-64(53-34-42(58(4,5)6)27-28-52(53)63)46-32-44(60(10,11)12)33-47(36-46)66-48-37-50(61(13,14)40-21-16-15-17-22-40)56-49-25-18-19-26-51(49)65(54(56)38-48)55-35-43(29-30-62-55)59(7,8)9;/h15-35,37,39H,1-14H3;/q-3;. The van der Waals surface area contributed by atoms with E-state index < -0.39 is 5.41 Å². The molecule has 0 atom stereocenters. The van der Waals surface area contributed by atoms with Gasteiger partial charge in [0, 0.05) is 61.3 Å². The summed E-state index contributed by atoms with van der Waals surface area (Å²) in [6.45, 7) is 34.0. The van der Waals surface area contributed by atoms with Crippen molar-refractivity contribution < 1.29 is 25.8 Å². The Morgan fingerprint density at radius 3 is 1.81 bits per heavy atom. The zero-order chi connectivity index (χ0) is 47.1. The Morgan fingerprint density at radius 1 is 0.507 bits per heavy atom. The zero-order valence-corrected chi connectivity index (χ0v) is 44.1. The number of anilines is 4. The first-order valence-electron chi connectivity index (χ1n) is 23.5. The molecule has 0 spiro atoms. The molecule has 0 amide bonds. The summed E-state index contributed by atoms with van der Waals surface area (Å²) in [7, 11) is 0. The van der Waals surface area contributed by atoms with Gasteiger partial charge in [-0.15, -0.1) is 53.8 Å². The maximum Gasteiger partial charge on any atom is 0.135 e. The van der Waals surface area contributed by atoms with Crippen LogP contribution in [-0.2, 0) is 48.1 Å². The number of pyridine rings is 1. The minimum Gasteiger partial charge on any atom is -0.509 e. The van der Waals surface area contributed by atoms with E-state index >= 15 is 0 Å². The van der Waals surface area contributed by atoms with Crippen molar-refractivity contribution in [2.75, 3.05) is 9.80 Å². The minimum atomic E-state index is -0.406. The van der Waals surface area contributed by atoms with Gasteiger partial charge in [-0.2, -0.15) is 0 Å². The van der Waals surface area contributed by atoms with Gasteiger partial charge < -0.3 is 19.1 Å². The van der Waals surface area contributed by atoms with Crippen LogP contribution in [0.15, 0.2) is 134 Å². The van der Waals surface area contributed by atoms with Crippen LogP contribution in [0, 0.1) is 18.8 Å². The average Bonchev–Trinajstić information content (AvgIpc) is 3.81. The largest absolute Gasteiger partial charge is 0.509 e. The van der Waals surface area contributed by atoms with Gasteiger partial charge in [0.15, 0.2) is 0 Å². The quantitative estimate of drug-likeness (QED) is 0.149. The minimum absolute atomic E-state index is 0. The molecule has 8 aromatic rings. The number of ether oxygens (including phenoxy) is 1. The third-order valence-corrected chi connectivity index (χ3v) is 13.4. The summed E-state index contributed by atoms with van der Waals surface area (Å²) in [6.07, 6.45) is 1.93. The van der Waals surface area contributed by atoms with Crippen LogP contribution < -0.4 is 14.5 Å². The maximum absolute atomic E-state index is 7.19. The van der Waals surface area contributed by atoms with Crippen LogP contribution >= 0.6 is 0 Å². The predicted molar refractivity (Wildman–Crippen MR) is 278 cm³/mol. The van der Waals surface area contributed by atoms with E-state index in [4.69, 9.17) is 9.72 Å². The Bertz CT molecular complexity index is 3120. The van der Waals surface area contributed by atoms with Gasteiger partial charge in [0.05, 0.1) is 0 Å². The summed E-state index contributed by atoms with van der Waals surface area (Å²) in [5.74, 6) is 2.10. The first kappa shape index (κ1) is 47.8. The van der Waals surface area contributed by atoms with E-state index in [1.54, 1.807) is 0 Å². The van der Waals surface area contributed by atoms with Crippen molar-refractivity contribution in [3.05, 3.63) is 186 Å². The fourth-order valence-corrected chi connectivity index (χ4v) is 9.20. The molecule has 0 saturated heterocycles. The number of fused-ring (bicyclic) bond motifs is 4. The Morgan fingerprint density at radius 2 is 1.12 bits per heavy atom. The van der Waals surface area contributed by atoms with Crippen LogP contribution in [0.1, 0.15) is 130 Å². The van der Waals surface area contributed by atoms with E-state index in [0.717, 1.165) is 61.5 Å². The third kappa shape index (κ3) is 9.09. The second kappa shape index (κ2) is 17.1. The number of nitrogens with zero attached hydrogens (tertiary/aromatic N) is 4. The summed E-state index contributed by atoms with van der Waals surface area (Å²) in [5, 5.41) is 2.28. The van der Waals surface area contributed by atoms with E-state index in [2.05, 4.69) is 257 Å². The normalized spacial score (nSPS) is 13.6. The molecule has 6 aromatic carbocycles. The molecule has 0 saturated carbocycles. The van der Waals surface area contributed by atoms with E-state index in [1.165, 1.54) is 22.3 Å². The number of para-hydroxylation sites is 1. The van der Waals surface area contributed by atoms with Gasteiger partial charge in [-0.3, -0.25) is 0 Å². The number of hydrogen-bond acceptors (Lipinski definition) is 4. The second-order valence-electron chi connectivity index (χ2n) is 22.8. The maximum atomic E-state index is 7.19. The molecule has 0 fully saturated rings. The molecule has 0 aliphatic carbocycles. The van der Waals surface area contributed by atoms with Crippen molar-refractivity contribution in [2.24, 2.45) is 0 Å². The molecule has 5 nitrogen and oxygen atoms in total. The fraction of sp³-hybridized carbons (Fsp3) is 0.311. The van der Waals surface area contributed by atoms with E-state index in [9.17, 15) is 0 Å². The molecule has 3 heterocycles. The Labute approximate surface area is 414 Å². The first-order valence-corrected chi connectivity index (χ1v) is 23.5. The van der Waals surface area contributed by atoms with Gasteiger partial charge in [-0.1, -0.05) is 175 Å². The topological polar surface area (TPSA) is 33.5 Å². The molecule has 1 aliphatic rings. The van der Waals surface area contributed by atoms with Crippen molar-refractivity contribution in [1.82, 2.24) is 9.55 Å². The number of benzene rings is 6. The Hall–Kier alpha value is -5.64. The SMILES string of the molecule is CC(C)(C)c1cc(Oc2[c-]c3c(c(C(C)(C)c4ccccc4)c2)c2ccccc2n3-c2cc(C(C)(C)C)ccn2)[c-]c(N2[CH-]N(c3cccc(C(C)(C)C)c3)c3ccc(C(C)(C)C)cc32)c1.[Pt]. The monoisotopic (exact) mass is 1060 g/mol. The molecular weight excluding hydrogens is 1000 g/mol. The van der Waals surface area contributed by atoms with E-state index in [-0.39, 0.29) is 42.7 Å². The molecule has 6 heteroatoms. The predicted octanol–water partition coefficient (Wildman–Crippen LogP) is 16.5. The van der Waals surface area contributed by atoms with Crippen molar-refractivity contribution in [2.45, 2.75) is 124 Å². The van der Waals surface area contributed by atoms with Gasteiger partial charge in [-0.25, -0.2) is 4.98 Å². The van der Waals surface area contributed by atoms with Crippen LogP contribution in [-0.4, -0.2) is 9.55 Å². The van der Waals surface area contributed by atoms with Crippen LogP contribution in [0.25, 0.3) is 27.6 Å². The molecule has 2 aromatic heterocycles. The summed E-state index contributed by atoms with van der Waals surface area (Å²) in [6, 6.07) is 53.9. The van der Waals surface area contributed by atoms with Crippen molar-refractivity contribution in [3.8, 4) is 17.3 Å². The van der Waals surface area contributed by atoms with Gasteiger partial charge in [-0.05, 0) is 97.2 Å². The summed E-state index contributed by atoms with van der Waals surface area (Å²) in [4.78, 5) is 9.63. The first-order chi connectivity index (χ1) is 31.0. The Balaban J connectivity index is 0.00000608. The summed E-state index contributed by atoms with van der Waals surface area (Å²) < 4.78 is 9.46. The number of rotatable bonds is 7. The van der Waals surface area contributed by atoms with E-state index in [1.807, 2.05) is 6.20 Å². The zero-order valence-electron chi connectivity index (χ0n) is 41.8. The average molecular weight is 1070 g/mol. The van der Waals surface area contributed by atoms with Crippen LogP contribution in [0.5, 0.6) is 11.5 Å². The van der Waals surface area contributed by atoms with Crippen molar-refractivity contribution in [1.29, 1.82) is 0 Å². The molecule has 67 heavy (non-hydrogen) atoms. The smallest absolute Gasteiger partial charge is 0.135 e. The molecule has 9 rings (SSSR count). The molecular formula is C61H65N4OPt-3. The summed E-state index contributed by atoms with van der Waals surface area (Å²) in [5.41, 5.74) is 12.8. The van der Waals surface area contributed by atoms with Crippen molar-refractivity contribution >= 4 is 44.6 Å². The molecule has 1 aliphatic heterocycles. The molecule has 0 unspecified atom stereocenters. The molecule has 0 N–H and O–H groups in total. The number of hydrogen-bond donors (Lipinski definition) is 0. The van der Waals surface area contributed by atoms with Gasteiger partial charge >= 0.3 is 0 Å². The van der Waals surface area contributed by atoms with E-state index in [0.29, 0.717) is 11.5 Å². The van der Waals surface area contributed by atoms with Gasteiger partial charge in [0.2, 0.25) is 0 Å².